The van der Waals surface area contributed by atoms with Crippen LogP contribution < -0.4 is 4.72 Å². The normalized spacial score (nSPS) is 14.7. The molecule has 3 aromatic rings. The van der Waals surface area contributed by atoms with Crippen LogP contribution in [0.1, 0.15) is 44.7 Å². The number of hydrogen-bond donors (Lipinski definition) is 1. The number of nitriles is 1. The van der Waals surface area contributed by atoms with Gasteiger partial charge in [-0.1, -0.05) is 20.8 Å². The summed E-state index contributed by atoms with van der Waals surface area (Å²) < 4.78 is 44.4. The molecule has 6 nitrogen and oxygen atoms in total. The van der Waals surface area contributed by atoms with Crippen LogP contribution in [-0.4, -0.2) is 23.2 Å². The molecule has 1 N–H and O–H groups in total. The lowest BCUT2D eigenvalue weighted by Gasteiger charge is -2.20. The number of fused-ring (bicyclic) bond motifs is 1. The number of sulfonamides is 1. The van der Waals surface area contributed by atoms with Gasteiger partial charge < -0.3 is 4.57 Å². The number of rotatable bonds is 6. The second-order valence-corrected chi connectivity index (χ2v) is 11.4. The Balaban J connectivity index is 1.80. The SMILES string of the molecule is CC(C)(C)Cn1cc(CNS(=O)(=O)C2CC2)c2cc(F)c(-c3cncc(C#N)c3)cc21. The molecule has 8 heteroatoms. The Morgan fingerprint density at radius 3 is 2.65 bits per heavy atom. The molecule has 1 fully saturated rings. The molecule has 0 amide bonds. The maximum atomic E-state index is 15.1. The summed E-state index contributed by atoms with van der Waals surface area (Å²) in [5.41, 5.74) is 2.76. The minimum atomic E-state index is -3.34. The first-order valence-electron chi connectivity index (χ1n) is 10.2. The number of nitrogens with zero attached hydrogens (tertiary/aromatic N) is 3. The van der Waals surface area contributed by atoms with E-state index in [-0.39, 0.29) is 17.2 Å². The third-order valence-corrected chi connectivity index (χ3v) is 7.20. The molecule has 0 unspecified atom stereocenters. The van der Waals surface area contributed by atoms with Crippen molar-refractivity contribution in [1.82, 2.24) is 14.3 Å². The predicted molar refractivity (Wildman–Crippen MR) is 118 cm³/mol. The van der Waals surface area contributed by atoms with Crippen LogP contribution in [0.4, 0.5) is 4.39 Å². The van der Waals surface area contributed by atoms with Crippen LogP contribution in [0.5, 0.6) is 0 Å². The third kappa shape index (κ3) is 4.63. The third-order valence-electron chi connectivity index (χ3n) is 5.30. The summed E-state index contributed by atoms with van der Waals surface area (Å²) >= 11 is 0. The van der Waals surface area contributed by atoms with E-state index in [0.29, 0.717) is 41.5 Å². The van der Waals surface area contributed by atoms with Gasteiger partial charge in [0.15, 0.2) is 0 Å². The van der Waals surface area contributed by atoms with E-state index >= 15 is 4.39 Å². The summed E-state index contributed by atoms with van der Waals surface area (Å²) in [6.45, 7) is 7.13. The lowest BCUT2D eigenvalue weighted by Crippen LogP contribution is -2.26. The first kappa shape index (κ1) is 21.5. The molecule has 1 aromatic carbocycles. The fourth-order valence-corrected chi connectivity index (χ4v) is 5.06. The van der Waals surface area contributed by atoms with E-state index < -0.39 is 15.8 Å². The fourth-order valence-electron chi connectivity index (χ4n) is 3.71. The van der Waals surface area contributed by atoms with Crippen LogP contribution in [-0.2, 0) is 23.1 Å². The average molecular weight is 441 g/mol. The van der Waals surface area contributed by atoms with Crippen molar-refractivity contribution in [2.75, 3.05) is 0 Å². The number of benzene rings is 1. The monoisotopic (exact) mass is 440 g/mol. The van der Waals surface area contributed by atoms with Crippen LogP contribution in [0.2, 0.25) is 0 Å². The largest absolute Gasteiger partial charge is 0.347 e. The van der Waals surface area contributed by atoms with E-state index in [0.717, 1.165) is 11.1 Å². The highest BCUT2D eigenvalue weighted by Crippen LogP contribution is 2.33. The second-order valence-electron chi connectivity index (χ2n) is 9.33. The van der Waals surface area contributed by atoms with Crippen molar-refractivity contribution in [2.45, 2.75) is 52.0 Å². The first-order chi connectivity index (χ1) is 14.6. The molecular formula is C23H25FN4O2S. The molecule has 1 aliphatic rings. The second kappa shape index (κ2) is 7.74. The molecule has 4 rings (SSSR count). The van der Waals surface area contributed by atoms with E-state index in [1.807, 2.05) is 16.8 Å². The zero-order valence-corrected chi connectivity index (χ0v) is 18.6. The molecule has 162 valence electrons. The van der Waals surface area contributed by atoms with Crippen LogP contribution >= 0.6 is 0 Å². The van der Waals surface area contributed by atoms with E-state index in [1.165, 1.54) is 18.5 Å². The van der Waals surface area contributed by atoms with Crippen LogP contribution in [0.25, 0.3) is 22.0 Å². The Bertz CT molecular complexity index is 1300. The fraction of sp³-hybridized carbons (Fsp3) is 0.391. The molecule has 0 spiro atoms. The molecule has 2 heterocycles. The highest BCUT2D eigenvalue weighted by Gasteiger charge is 2.35. The van der Waals surface area contributed by atoms with E-state index in [9.17, 15) is 8.42 Å². The Labute approximate surface area is 181 Å². The van der Waals surface area contributed by atoms with Gasteiger partial charge in [-0.3, -0.25) is 4.98 Å². The molecule has 0 bridgehead atoms. The van der Waals surface area contributed by atoms with Gasteiger partial charge >= 0.3 is 0 Å². The predicted octanol–water partition coefficient (Wildman–Crippen LogP) is 4.34. The molecule has 1 aliphatic carbocycles. The zero-order valence-electron chi connectivity index (χ0n) is 17.8. The van der Waals surface area contributed by atoms with Gasteiger partial charge in [0.2, 0.25) is 10.0 Å². The van der Waals surface area contributed by atoms with Gasteiger partial charge in [-0.15, -0.1) is 0 Å². The standard InChI is InChI=1S/C23H25FN4O2S/c1-23(2,3)14-28-13-17(12-27-31(29,30)18-4-5-18)20-7-21(24)19(8-22(20)28)16-6-15(9-25)10-26-11-16/h6-8,10-11,13,18,27H,4-5,12,14H2,1-3H3. The van der Waals surface area contributed by atoms with Crippen molar-refractivity contribution in [1.29, 1.82) is 5.26 Å². The van der Waals surface area contributed by atoms with E-state index in [2.05, 4.69) is 30.5 Å². The van der Waals surface area contributed by atoms with Gasteiger partial charge in [0.05, 0.1) is 10.8 Å². The van der Waals surface area contributed by atoms with Crippen LogP contribution in [0.15, 0.2) is 36.8 Å². The number of aromatic nitrogens is 2. The highest BCUT2D eigenvalue weighted by molar-refractivity contribution is 7.90. The molecule has 0 radical (unpaired) electrons. The van der Waals surface area contributed by atoms with Crippen molar-refractivity contribution in [3.8, 4) is 17.2 Å². The molecular weight excluding hydrogens is 415 g/mol. The maximum absolute atomic E-state index is 15.1. The van der Waals surface area contributed by atoms with E-state index in [1.54, 1.807) is 12.1 Å². The van der Waals surface area contributed by atoms with Crippen molar-refractivity contribution in [3.63, 3.8) is 0 Å². The van der Waals surface area contributed by atoms with Crippen molar-refractivity contribution in [2.24, 2.45) is 5.41 Å². The number of pyridine rings is 1. The zero-order chi connectivity index (χ0) is 22.4. The summed E-state index contributed by atoms with van der Waals surface area (Å²) in [6.07, 6.45) is 6.25. The Hall–Kier alpha value is -2.76. The molecule has 0 atom stereocenters. The highest BCUT2D eigenvalue weighted by atomic mass is 32.2. The Morgan fingerprint density at radius 2 is 2.00 bits per heavy atom. The van der Waals surface area contributed by atoms with Crippen molar-refractivity contribution in [3.05, 3.63) is 53.7 Å². The number of hydrogen-bond acceptors (Lipinski definition) is 4. The average Bonchev–Trinajstić information content (AvgIpc) is 3.51. The maximum Gasteiger partial charge on any atom is 0.214 e. The Morgan fingerprint density at radius 1 is 1.26 bits per heavy atom. The van der Waals surface area contributed by atoms with Gasteiger partial charge in [-0.25, -0.2) is 17.5 Å². The smallest absolute Gasteiger partial charge is 0.214 e. The quantitative estimate of drug-likeness (QED) is 0.618. The lowest BCUT2D eigenvalue weighted by molar-refractivity contribution is 0.349. The summed E-state index contributed by atoms with van der Waals surface area (Å²) in [5, 5.41) is 9.52. The molecule has 0 aliphatic heterocycles. The van der Waals surface area contributed by atoms with Gasteiger partial charge in [0.25, 0.3) is 0 Å². The number of nitrogens with one attached hydrogen (secondary N) is 1. The van der Waals surface area contributed by atoms with Gasteiger partial charge in [0.1, 0.15) is 11.9 Å². The van der Waals surface area contributed by atoms with Gasteiger partial charge in [-0.05, 0) is 42.0 Å². The number of halogens is 1. The Kier molecular flexibility index (Phi) is 5.36. The van der Waals surface area contributed by atoms with Crippen LogP contribution in [0.3, 0.4) is 0 Å². The molecule has 0 saturated heterocycles. The summed E-state index contributed by atoms with van der Waals surface area (Å²) in [5.74, 6) is -0.441. The topological polar surface area (TPSA) is 87.8 Å². The van der Waals surface area contributed by atoms with Crippen molar-refractivity contribution >= 4 is 20.9 Å². The minimum absolute atomic E-state index is 0.0342. The summed E-state index contributed by atoms with van der Waals surface area (Å²) in [4.78, 5) is 4.05. The summed E-state index contributed by atoms with van der Waals surface area (Å²) in [6, 6.07) is 6.85. The summed E-state index contributed by atoms with van der Waals surface area (Å²) in [7, 11) is -3.34. The first-order valence-corrected chi connectivity index (χ1v) is 11.8. The van der Waals surface area contributed by atoms with Crippen molar-refractivity contribution < 1.29 is 12.8 Å². The molecule has 31 heavy (non-hydrogen) atoms. The minimum Gasteiger partial charge on any atom is -0.347 e. The van der Waals surface area contributed by atoms with Gasteiger partial charge in [0, 0.05) is 53.7 Å². The molecule has 1 saturated carbocycles. The van der Waals surface area contributed by atoms with Gasteiger partial charge in [-0.2, -0.15) is 5.26 Å². The molecule has 2 aromatic heterocycles. The van der Waals surface area contributed by atoms with E-state index in [4.69, 9.17) is 5.26 Å². The lowest BCUT2D eigenvalue weighted by atomic mass is 9.96. The van der Waals surface area contributed by atoms with Crippen LogP contribution in [0, 0.1) is 22.6 Å².